The Bertz CT molecular complexity index is 474. The number of hydrogen-bond acceptors (Lipinski definition) is 3. The van der Waals surface area contributed by atoms with Crippen LogP contribution in [0.5, 0.6) is 0 Å². The molecule has 2 aromatic rings. The fourth-order valence-electron chi connectivity index (χ4n) is 1.58. The van der Waals surface area contributed by atoms with Gasteiger partial charge in [-0.05, 0) is 17.7 Å². The molecule has 18 heavy (non-hydrogen) atoms. The summed E-state index contributed by atoms with van der Waals surface area (Å²) in [5.74, 6) is 0. The average Bonchev–Trinajstić information content (AvgIpc) is 2.91. The van der Waals surface area contributed by atoms with Crippen LogP contribution in [0, 0.1) is 5.41 Å². The zero-order valence-corrected chi connectivity index (χ0v) is 10.8. The highest BCUT2D eigenvalue weighted by Gasteiger charge is 2.15. The summed E-state index contributed by atoms with van der Waals surface area (Å²) in [6, 6.07) is 8.15. The highest BCUT2D eigenvalue weighted by atomic mass is 16.3. The number of benzene rings is 1. The average molecular weight is 245 g/mol. The Morgan fingerprint density at radius 1 is 1.28 bits per heavy atom. The summed E-state index contributed by atoms with van der Waals surface area (Å²) in [5.41, 5.74) is 3.07. The van der Waals surface area contributed by atoms with Gasteiger partial charge in [0.25, 0.3) is 0 Å². The minimum atomic E-state index is -0.109. The molecule has 0 aliphatic carbocycles. The fourth-order valence-corrected chi connectivity index (χ4v) is 1.58. The normalized spacial score (nSPS) is 11.5. The van der Waals surface area contributed by atoms with Crippen molar-refractivity contribution in [3.8, 4) is 11.3 Å². The number of anilines is 1. The van der Waals surface area contributed by atoms with E-state index in [4.69, 9.17) is 0 Å². The van der Waals surface area contributed by atoms with Gasteiger partial charge < -0.3 is 15.4 Å². The summed E-state index contributed by atoms with van der Waals surface area (Å²) in [5, 5.41) is 12.5. The van der Waals surface area contributed by atoms with Crippen molar-refractivity contribution in [3.05, 3.63) is 36.8 Å². The van der Waals surface area contributed by atoms with Gasteiger partial charge in [0.15, 0.2) is 0 Å². The molecule has 2 rings (SSSR count). The summed E-state index contributed by atoms with van der Waals surface area (Å²) in [6.45, 7) is 4.97. The van der Waals surface area contributed by atoms with Crippen LogP contribution in [0.1, 0.15) is 13.8 Å². The van der Waals surface area contributed by atoms with E-state index in [9.17, 15) is 5.11 Å². The molecule has 4 nitrogen and oxygen atoms in total. The van der Waals surface area contributed by atoms with Crippen LogP contribution in [0.25, 0.3) is 11.3 Å². The maximum Gasteiger partial charge on any atom is 0.0924 e. The van der Waals surface area contributed by atoms with Crippen LogP contribution >= 0.6 is 0 Å². The van der Waals surface area contributed by atoms with E-state index in [1.807, 2.05) is 38.1 Å². The SMILES string of the molecule is CC(C)(CO)CNc1ccc(-c2cnc[nH]2)cc1. The summed E-state index contributed by atoms with van der Waals surface area (Å²) in [7, 11) is 0. The van der Waals surface area contributed by atoms with E-state index in [2.05, 4.69) is 15.3 Å². The summed E-state index contributed by atoms with van der Waals surface area (Å²) in [4.78, 5) is 7.08. The van der Waals surface area contributed by atoms with E-state index >= 15 is 0 Å². The molecule has 1 heterocycles. The first kappa shape index (κ1) is 12.6. The van der Waals surface area contributed by atoms with E-state index in [0.29, 0.717) is 0 Å². The van der Waals surface area contributed by atoms with Crippen molar-refractivity contribution >= 4 is 5.69 Å². The quantitative estimate of drug-likeness (QED) is 0.758. The number of imidazole rings is 1. The van der Waals surface area contributed by atoms with Gasteiger partial charge in [0.1, 0.15) is 0 Å². The second-order valence-electron chi connectivity index (χ2n) is 5.22. The Kier molecular flexibility index (Phi) is 3.67. The Morgan fingerprint density at radius 3 is 2.56 bits per heavy atom. The number of aliphatic hydroxyl groups is 1. The molecule has 96 valence electrons. The van der Waals surface area contributed by atoms with Gasteiger partial charge in [-0.1, -0.05) is 26.0 Å². The summed E-state index contributed by atoms with van der Waals surface area (Å²) >= 11 is 0. The summed E-state index contributed by atoms with van der Waals surface area (Å²) in [6.07, 6.45) is 3.47. The van der Waals surface area contributed by atoms with Crippen LogP contribution in [-0.2, 0) is 0 Å². The number of aromatic amines is 1. The highest BCUT2D eigenvalue weighted by Crippen LogP contribution is 2.20. The minimum absolute atomic E-state index is 0.109. The number of hydrogen-bond donors (Lipinski definition) is 3. The Labute approximate surface area is 107 Å². The molecule has 0 unspecified atom stereocenters. The molecular weight excluding hydrogens is 226 g/mol. The number of nitrogens with zero attached hydrogens (tertiary/aromatic N) is 1. The second-order valence-corrected chi connectivity index (χ2v) is 5.22. The molecular formula is C14H19N3O. The lowest BCUT2D eigenvalue weighted by molar-refractivity contribution is 0.171. The molecule has 0 aliphatic heterocycles. The lowest BCUT2D eigenvalue weighted by Crippen LogP contribution is -2.26. The fraction of sp³-hybridized carbons (Fsp3) is 0.357. The molecule has 0 aliphatic rings. The third-order valence-corrected chi connectivity index (χ3v) is 2.89. The molecule has 0 atom stereocenters. The molecule has 0 amide bonds. The van der Waals surface area contributed by atoms with Gasteiger partial charge in [-0.2, -0.15) is 0 Å². The Balaban J connectivity index is 2.00. The van der Waals surface area contributed by atoms with Crippen LogP contribution in [0.2, 0.25) is 0 Å². The number of rotatable bonds is 5. The number of H-pyrrole nitrogens is 1. The molecule has 1 aromatic heterocycles. The van der Waals surface area contributed by atoms with Crippen molar-refractivity contribution in [1.29, 1.82) is 0 Å². The van der Waals surface area contributed by atoms with Gasteiger partial charge >= 0.3 is 0 Å². The largest absolute Gasteiger partial charge is 0.396 e. The molecule has 0 saturated carbocycles. The van der Waals surface area contributed by atoms with Gasteiger partial charge in [0.05, 0.1) is 18.2 Å². The van der Waals surface area contributed by atoms with Crippen molar-refractivity contribution in [1.82, 2.24) is 9.97 Å². The lowest BCUT2D eigenvalue weighted by atomic mass is 9.95. The number of aliphatic hydroxyl groups excluding tert-OH is 1. The first-order valence-electron chi connectivity index (χ1n) is 6.04. The smallest absolute Gasteiger partial charge is 0.0924 e. The van der Waals surface area contributed by atoms with Crippen LogP contribution in [0.4, 0.5) is 5.69 Å². The van der Waals surface area contributed by atoms with Gasteiger partial charge in [0, 0.05) is 24.3 Å². The van der Waals surface area contributed by atoms with Crippen molar-refractivity contribution in [3.63, 3.8) is 0 Å². The van der Waals surface area contributed by atoms with Crippen molar-refractivity contribution in [2.75, 3.05) is 18.5 Å². The van der Waals surface area contributed by atoms with Crippen LogP contribution in [0.15, 0.2) is 36.8 Å². The maximum atomic E-state index is 9.19. The first-order chi connectivity index (χ1) is 8.61. The minimum Gasteiger partial charge on any atom is -0.396 e. The van der Waals surface area contributed by atoms with E-state index in [-0.39, 0.29) is 12.0 Å². The molecule has 0 saturated heterocycles. The van der Waals surface area contributed by atoms with Crippen molar-refractivity contribution in [2.24, 2.45) is 5.41 Å². The highest BCUT2D eigenvalue weighted by molar-refractivity contribution is 5.61. The van der Waals surface area contributed by atoms with Gasteiger partial charge in [-0.25, -0.2) is 4.98 Å². The van der Waals surface area contributed by atoms with Gasteiger partial charge in [-0.15, -0.1) is 0 Å². The van der Waals surface area contributed by atoms with Crippen molar-refractivity contribution in [2.45, 2.75) is 13.8 Å². The topological polar surface area (TPSA) is 60.9 Å². The molecule has 0 radical (unpaired) electrons. The Morgan fingerprint density at radius 2 is 2.00 bits per heavy atom. The molecule has 0 bridgehead atoms. The second kappa shape index (κ2) is 5.23. The van der Waals surface area contributed by atoms with Gasteiger partial charge in [-0.3, -0.25) is 0 Å². The molecule has 0 spiro atoms. The zero-order chi connectivity index (χ0) is 13.0. The third-order valence-electron chi connectivity index (χ3n) is 2.89. The lowest BCUT2D eigenvalue weighted by Gasteiger charge is -2.22. The maximum absolute atomic E-state index is 9.19. The van der Waals surface area contributed by atoms with Crippen LogP contribution in [0.3, 0.4) is 0 Å². The molecule has 3 N–H and O–H groups in total. The van der Waals surface area contributed by atoms with E-state index in [1.54, 1.807) is 12.5 Å². The van der Waals surface area contributed by atoms with Crippen LogP contribution < -0.4 is 5.32 Å². The number of aromatic nitrogens is 2. The molecule has 1 aromatic carbocycles. The zero-order valence-electron chi connectivity index (χ0n) is 10.8. The monoisotopic (exact) mass is 245 g/mol. The van der Waals surface area contributed by atoms with Crippen molar-refractivity contribution < 1.29 is 5.11 Å². The van der Waals surface area contributed by atoms with Gasteiger partial charge in [0.2, 0.25) is 0 Å². The first-order valence-corrected chi connectivity index (χ1v) is 6.04. The van der Waals surface area contributed by atoms with Crippen LogP contribution in [-0.4, -0.2) is 28.2 Å². The van der Waals surface area contributed by atoms with E-state index < -0.39 is 0 Å². The van der Waals surface area contributed by atoms with E-state index in [0.717, 1.165) is 23.5 Å². The van der Waals surface area contributed by atoms with E-state index in [1.165, 1.54) is 0 Å². The standard InChI is InChI=1S/C14H19N3O/c1-14(2,9-18)8-16-12-5-3-11(4-6-12)13-7-15-10-17-13/h3-7,10,16,18H,8-9H2,1-2H3,(H,15,17). The summed E-state index contributed by atoms with van der Waals surface area (Å²) < 4.78 is 0. The molecule has 4 heteroatoms. The predicted octanol–water partition coefficient (Wildman–Crippen LogP) is 2.51. The predicted molar refractivity (Wildman–Crippen MR) is 73.4 cm³/mol. The number of nitrogens with one attached hydrogen (secondary N) is 2. The third kappa shape index (κ3) is 3.11. The molecule has 0 fully saturated rings. The Hall–Kier alpha value is -1.81.